The van der Waals surface area contributed by atoms with E-state index in [4.69, 9.17) is 10.5 Å². The Labute approximate surface area is 111 Å². The summed E-state index contributed by atoms with van der Waals surface area (Å²) in [7, 11) is 1.68. The van der Waals surface area contributed by atoms with Crippen molar-refractivity contribution in [1.82, 2.24) is 14.3 Å². The summed E-state index contributed by atoms with van der Waals surface area (Å²) in [6.45, 7) is 1.59. The van der Waals surface area contributed by atoms with Crippen LogP contribution in [0.4, 0.5) is 0 Å². The van der Waals surface area contributed by atoms with Gasteiger partial charge < -0.3 is 10.5 Å². The van der Waals surface area contributed by atoms with Gasteiger partial charge in [0, 0.05) is 26.6 Å². The molecule has 0 unspecified atom stereocenters. The molecule has 1 aromatic carbocycles. The third-order valence-electron chi connectivity index (χ3n) is 2.80. The smallest absolute Gasteiger partial charge is 0.345 e. The Morgan fingerprint density at radius 1 is 1.42 bits per heavy atom. The lowest BCUT2D eigenvalue weighted by Crippen LogP contribution is -2.23. The molecule has 1 aromatic heterocycles. The predicted octanol–water partition coefficient (Wildman–Crippen LogP) is 0.510. The Morgan fingerprint density at radius 2 is 2.26 bits per heavy atom. The van der Waals surface area contributed by atoms with Crippen LogP contribution >= 0.6 is 0 Å². The largest absolute Gasteiger partial charge is 0.494 e. The molecule has 0 saturated carbocycles. The standard InChI is InChI=1S/C13H18N4O2/c1-16-10-15-17(13(16)18)6-3-7-19-12-5-2-4-11(8-12)9-14/h2,4-5,8,10H,3,6-7,9,14H2,1H3. The van der Waals surface area contributed by atoms with Gasteiger partial charge >= 0.3 is 5.69 Å². The van der Waals surface area contributed by atoms with Gasteiger partial charge in [-0.2, -0.15) is 5.10 Å². The highest BCUT2D eigenvalue weighted by Gasteiger charge is 2.01. The fourth-order valence-electron chi connectivity index (χ4n) is 1.74. The van der Waals surface area contributed by atoms with E-state index in [1.807, 2.05) is 24.3 Å². The highest BCUT2D eigenvalue weighted by molar-refractivity contribution is 5.28. The first-order valence-electron chi connectivity index (χ1n) is 6.21. The lowest BCUT2D eigenvalue weighted by atomic mass is 10.2. The van der Waals surface area contributed by atoms with Gasteiger partial charge in [-0.15, -0.1) is 0 Å². The molecule has 0 radical (unpaired) electrons. The molecule has 0 fully saturated rings. The van der Waals surface area contributed by atoms with Gasteiger partial charge in [0.15, 0.2) is 0 Å². The molecule has 0 bridgehead atoms. The van der Waals surface area contributed by atoms with Crippen molar-refractivity contribution in [3.63, 3.8) is 0 Å². The zero-order valence-corrected chi connectivity index (χ0v) is 11.0. The van der Waals surface area contributed by atoms with E-state index in [0.29, 0.717) is 19.7 Å². The number of benzene rings is 1. The maximum absolute atomic E-state index is 11.5. The topological polar surface area (TPSA) is 75.1 Å². The maximum Gasteiger partial charge on any atom is 0.345 e. The van der Waals surface area contributed by atoms with E-state index in [1.54, 1.807) is 7.05 Å². The van der Waals surface area contributed by atoms with E-state index in [2.05, 4.69) is 5.10 Å². The van der Waals surface area contributed by atoms with Crippen LogP contribution in [0, 0.1) is 0 Å². The highest BCUT2D eigenvalue weighted by atomic mass is 16.5. The predicted molar refractivity (Wildman–Crippen MR) is 71.9 cm³/mol. The van der Waals surface area contributed by atoms with Gasteiger partial charge in [-0.3, -0.25) is 4.57 Å². The van der Waals surface area contributed by atoms with E-state index in [1.165, 1.54) is 15.6 Å². The molecule has 19 heavy (non-hydrogen) atoms. The number of ether oxygens (including phenoxy) is 1. The number of hydrogen-bond acceptors (Lipinski definition) is 4. The van der Waals surface area contributed by atoms with Crippen molar-refractivity contribution in [3.8, 4) is 5.75 Å². The zero-order chi connectivity index (χ0) is 13.7. The molecular weight excluding hydrogens is 244 g/mol. The molecule has 0 aliphatic heterocycles. The SMILES string of the molecule is Cn1cnn(CCCOc2cccc(CN)c2)c1=O. The van der Waals surface area contributed by atoms with Gasteiger partial charge in [0.05, 0.1) is 6.61 Å². The third kappa shape index (κ3) is 3.45. The van der Waals surface area contributed by atoms with Crippen molar-refractivity contribution >= 4 is 0 Å². The molecule has 2 aromatic rings. The van der Waals surface area contributed by atoms with Crippen LogP contribution in [0.5, 0.6) is 5.75 Å². The number of hydrogen-bond donors (Lipinski definition) is 1. The number of aromatic nitrogens is 3. The van der Waals surface area contributed by atoms with Gasteiger partial charge in [-0.1, -0.05) is 12.1 Å². The first kappa shape index (κ1) is 13.4. The minimum absolute atomic E-state index is 0.106. The number of nitrogens with zero attached hydrogens (tertiary/aromatic N) is 3. The molecular formula is C13H18N4O2. The van der Waals surface area contributed by atoms with Crippen LogP contribution in [0.3, 0.4) is 0 Å². The Balaban J connectivity index is 1.80. The average Bonchev–Trinajstić information content (AvgIpc) is 2.75. The van der Waals surface area contributed by atoms with Crippen molar-refractivity contribution in [2.24, 2.45) is 12.8 Å². The van der Waals surface area contributed by atoms with E-state index >= 15 is 0 Å². The van der Waals surface area contributed by atoms with Crippen molar-refractivity contribution in [3.05, 3.63) is 46.6 Å². The summed E-state index contributed by atoms with van der Waals surface area (Å²) in [5.41, 5.74) is 6.50. The Hall–Kier alpha value is -2.08. The minimum atomic E-state index is -0.106. The Morgan fingerprint density at radius 3 is 2.95 bits per heavy atom. The molecule has 0 atom stereocenters. The van der Waals surface area contributed by atoms with E-state index < -0.39 is 0 Å². The van der Waals surface area contributed by atoms with Crippen LogP contribution in [0.15, 0.2) is 35.4 Å². The van der Waals surface area contributed by atoms with Gasteiger partial charge in [0.1, 0.15) is 12.1 Å². The molecule has 1 heterocycles. The molecule has 2 rings (SSSR count). The number of rotatable bonds is 6. The van der Waals surface area contributed by atoms with E-state index in [9.17, 15) is 4.79 Å². The van der Waals surface area contributed by atoms with Crippen molar-refractivity contribution < 1.29 is 4.74 Å². The fraction of sp³-hybridized carbons (Fsp3) is 0.385. The molecule has 2 N–H and O–H groups in total. The molecule has 102 valence electrons. The van der Waals surface area contributed by atoms with Crippen LogP contribution in [-0.2, 0) is 20.1 Å². The van der Waals surface area contributed by atoms with Gasteiger partial charge in [-0.05, 0) is 17.7 Å². The molecule has 0 amide bonds. The third-order valence-corrected chi connectivity index (χ3v) is 2.80. The lowest BCUT2D eigenvalue weighted by Gasteiger charge is -2.07. The summed E-state index contributed by atoms with van der Waals surface area (Å²) in [6.07, 6.45) is 2.23. The Bertz CT molecular complexity index is 588. The van der Waals surface area contributed by atoms with Crippen molar-refractivity contribution in [1.29, 1.82) is 0 Å². The normalized spacial score (nSPS) is 10.6. The monoisotopic (exact) mass is 262 g/mol. The van der Waals surface area contributed by atoms with Gasteiger partial charge in [-0.25, -0.2) is 9.48 Å². The summed E-state index contributed by atoms with van der Waals surface area (Å²) >= 11 is 0. The van der Waals surface area contributed by atoms with Crippen LogP contribution in [0.2, 0.25) is 0 Å². The van der Waals surface area contributed by atoms with Crippen LogP contribution in [-0.4, -0.2) is 21.0 Å². The lowest BCUT2D eigenvalue weighted by molar-refractivity contribution is 0.297. The first-order chi connectivity index (χ1) is 9.20. The summed E-state index contributed by atoms with van der Waals surface area (Å²) in [5.74, 6) is 0.802. The molecule has 0 saturated heterocycles. The molecule has 0 spiro atoms. The summed E-state index contributed by atoms with van der Waals surface area (Å²) in [4.78, 5) is 11.5. The second kappa shape index (κ2) is 6.19. The van der Waals surface area contributed by atoms with Crippen molar-refractivity contribution in [2.45, 2.75) is 19.5 Å². The highest BCUT2D eigenvalue weighted by Crippen LogP contribution is 2.12. The zero-order valence-electron chi connectivity index (χ0n) is 11.0. The van der Waals surface area contributed by atoms with Crippen LogP contribution in [0.1, 0.15) is 12.0 Å². The quantitative estimate of drug-likeness (QED) is 0.770. The van der Waals surface area contributed by atoms with Crippen LogP contribution < -0.4 is 16.2 Å². The summed E-state index contributed by atoms with van der Waals surface area (Å²) in [5, 5.41) is 3.98. The maximum atomic E-state index is 11.5. The van der Waals surface area contributed by atoms with E-state index in [0.717, 1.165) is 17.7 Å². The van der Waals surface area contributed by atoms with Gasteiger partial charge in [0.2, 0.25) is 0 Å². The number of nitrogens with two attached hydrogens (primary N) is 1. The van der Waals surface area contributed by atoms with Gasteiger partial charge in [0.25, 0.3) is 0 Å². The minimum Gasteiger partial charge on any atom is -0.494 e. The number of aryl methyl sites for hydroxylation is 2. The average molecular weight is 262 g/mol. The summed E-state index contributed by atoms with van der Waals surface area (Å²) in [6, 6.07) is 7.69. The Kier molecular flexibility index (Phi) is 4.35. The van der Waals surface area contributed by atoms with Crippen LogP contribution in [0.25, 0.3) is 0 Å². The first-order valence-corrected chi connectivity index (χ1v) is 6.21. The molecule has 0 aliphatic rings. The second-order valence-electron chi connectivity index (χ2n) is 4.30. The fourth-order valence-corrected chi connectivity index (χ4v) is 1.74. The second-order valence-corrected chi connectivity index (χ2v) is 4.30. The summed E-state index contributed by atoms with van der Waals surface area (Å²) < 4.78 is 8.49. The molecule has 6 heteroatoms. The van der Waals surface area contributed by atoms with E-state index in [-0.39, 0.29) is 5.69 Å². The molecule has 6 nitrogen and oxygen atoms in total. The van der Waals surface area contributed by atoms with Crippen molar-refractivity contribution in [2.75, 3.05) is 6.61 Å². The molecule has 0 aliphatic carbocycles.